The van der Waals surface area contributed by atoms with Gasteiger partial charge in [0.25, 0.3) is 10.0 Å². The molecule has 1 aliphatic rings. The van der Waals surface area contributed by atoms with E-state index >= 15 is 0 Å². The molecule has 1 fully saturated rings. The zero-order chi connectivity index (χ0) is 13.3. The Hall–Kier alpha value is -0.430. The number of hydrogen-bond donors (Lipinski definition) is 1. The molecule has 1 aliphatic carbocycles. The van der Waals surface area contributed by atoms with Crippen LogP contribution in [0.3, 0.4) is 0 Å². The summed E-state index contributed by atoms with van der Waals surface area (Å²) in [6.07, 6.45) is 3.12. The van der Waals surface area contributed by atoms with E-state index in [1.54, 1.807) is 17.4 Å². The molecular formula is C12H20N2O2S2. The Labute approximate surface area is 113 Å². The van der Waals surface area contributed by atoms with Gasteiger partial charge in [-0.2, -0.15) is 4.31 Å². The lowest BCUT2D eigenvalue weighted by Gasteiger charge is -2.33. The van der Waals surface area contributed by atoms with Crippen molar-refractivity contribution >= 4 is 21.4 Å². The third kappa shape index (κ3) is 2.47. The van der Waals surface area contributed by atoms with Gasteiger partial charge in [-0.05, 0) is 38.4 Å². The highest BCUT2D eigenvalue weighted by Gasteiger charge is 2.32. The molecule has 0 amide bonds. The second-order valence-electron chi connectivity index (χ2n) is 4.81. The van der Waals surface area contributed by atoms with Crippen LogP contribution in [0.1, 0.15) is 29.7 Å². The molecule has 4 nitrogen and oxygen atoms in total. The molecule has 18 heavy (non-hydrogen) atoms. The standard InChI is InChI=1S/C12H20N2O2S2/c1-9-7-12(17-11(9)8-13-2)18(15,16)14(3)10-5-4-6-10/h7,10,13H,4-6,8H2,1-3H3. The SMILES string of the molecule is CNCc1sc(S(=O)(=O)N(C)C2CCC2)cc1C. The molecule has 0 spiro atoms. The van der Waals surface area contributed by atoms with Gasteiger partial charge in [0, 0.05) is 24.5 Å². The summed E-state index contributed by atoms with van der Waals surface area (Å²) in [5.41, 5.74) is 1.05. The number of aryl methyl sites for hydroxylation is 1. The van der Waals surface area contributed by atoms with Crippen molar-refractivity contribution in [2.75, 3.05) is 14.1 Å². The van der Waals surface area contributed by atoms with Gasteiger partial charge in [-0.3, -0.25) is 0 Å². The first kappa shape index (κ1) is 14.0. The van der Waals surface area contributed by atoms with E-state index < -0.39 is 10.0 Å². The van der Waals surface area contributed by atoms with Crippen LogP contribution in [0.2, 0.25) is 0 Å². The molecule has 0 aliphatic heterocycles. The average Bonchev–Trinajstić information content (AvgIpc) is 2.59. The van der Waals surface area contributed by atoms with Gasteiger partial charge in [-0.25, -0.2) is 8.42 Å². The Bertz CT molecular complexity index is 518. The van der Waals surface area contributed by atoms with Crippen LogP contribution in [0.15, 0.2) is 10.3 Å². The van der Waals surface area contributed by atoms with E-state index in [0.717, 1.165) is 36.2 Å². The Kier molecular flexibility index (Phi) is 4.11. The predicted octanol–water partition coefficient (Wildman–Crippen LogP) is 1.95. The van der Waals surface area contributed by atoms with Crippen molar-refractivity contribution in [3.8, 4) is 0 Å². The largest absolute Gasteiger partial charge is 0.315 e. The summed E-state index contributed by atoms with van der Waals surface area (Å²) in [4.78, 5) is 1.10. The number of rotatable bonds is 5. The van der Waals surface area contributed by atoms with Gasteiger partial charge in [0.15, 0.2) is 0 Å². The molecule has 6 heteroatoms. The fraction of sp³-hybridized carbons (Fsp3) is 0.667. The normalized spacial score (nSPS) is 17.1. The van der Waals surface area contributed by atoms with Crippen molar-refractivity contribution in [2.24, 2.45) is 0 Å². The van der Waals surface area contributed by atoms with Gasteiger partial charge in [-0.15, -0.1) is 11.3 Å². The van der Waals surface area contributed by atoms with Gasteiger partial charge in [0.05, 0.1) is 0 Å². The summed E-state index contributed by atoms with van der Waals surface area (Å²) in [7, 11) is 0.274. The molecule has 0 aromatic carbocycles. The lowest BCUT2D eigenvalue weighted by Crippen LogP contribution is -2.40. The molecule has 0 unspecified atom stereocenters. The first-order valence-electron chi connectivity index (χ1n) is 6.18. The average molecular weight is 288 g/mol. The molecule has 2 rings (SSSR count). The highest BCUT2D eigenvalue weighted by molar-refractivity contribution is 7.91. The lowest BCUT2D eigenvalue weighted by molar-refractivity contribution is 0.250. The van der Waals surface area contributed by atoms with E-state index in [-0.39, 0.29) is 6.04 Å². The molecule has 1 saturated carbocycles. The van der Waals surface area contributed by atoms with E-state index in [1.165, 1.54) is 11.3 Å². The second-order valence-corrected chi connectivity index (χ2v) is 8.17. The van der Waals surface area contributed by atoms with Crippen LogP contribution in [0.4, 0.5) is 0 Å². The maximum atomic E-state index is 12.5. The summed E-state index contributed by atoms with van der Waals surface area (Å²) in [6.45, 7) is 2.69. The van der Waals surface area contributed by atoms with Gasteiger partial charge >= 0.3 is 0 Å². The van der Waals surface area contributed by atoms with Gasteiger partial charge < -0.3 is 5.32 Å². The number of nitrogens with zero attached hydrogens (tertiary/aromatic N) is 1. The van der Waals surface area contributed by atoms with Crippen LogP contribution in [0, 0.1) is 6.92 Å². The van der Waals surface area contributed by atoms with Crippen LogP contribution in [0.5, 0.6) is 0 Å². The monoisotopic (exact) mass is 288 g/mol. The smallest absolute Gasteiger partial charge is 0.252 e. The minimum absolute atomic E-state index is 0.199. The molecule has 0 saturated heterocycles. The molecule has 0 atom stereocenters. The topological polar surface area (TPSA) is 49.4 Å². The van der Waals surface area contributed by atoms with Crippen molar-refractivity contribution in [2.45, 2.75) is 43.0 Å². The summed E-state index contributed by atoms with van der Waals surface area (Å²) < 4.78 is 26.9. The molecule has 0 radical (unpaired) electrons. The predicted molar refractivity (Wildman–Crippen MR) is 74.4 cm³/mol. The van der Waals surface area contributed by atoms with E-state index in [0.29, 0.717) is 4.21 Å². The first-order chi connectivity index (χ1) is 8.46. The molecule has 102 valence electrons. The fourth-order valence-corrected chi connectivity index (χ4v) is 5.24. The fourth-order valence-electron chi connectivity index (χ4n) is 2.04. The van der Waals surface area contributed by atoms with E-state index in [2.05, 4.69) is 5.32 Å². The van der Waals surface area contributed by atoms with Crippen molar-refractivity contribution < 1.29 is 8.42 Å². The highest BCUT2D eigenvalue weighted by atomic mass is 32.2. The van der Waals surface area contributed by atoms with Gasteiger partial charge in [-0.1, -0.05) is 6.42 Å². The highest BCUT2D eigenvalue weighted by Crippen LogP contribution is 2.32. The summed E-state index contributed by atoms with van der Waals surface area (Å²) >= 11 is 1.38. The van der Waals surface area contributed by atoms with E-state index in [4.69, 9.17) is 0 Å². The Morgan fingerprint density at radius 1 is 1.50 bits per heavy atom. The maximum absolute atomic E-state index is 12.5. The zero-order valence-electron chi connectivity index (χ0n) is 11.1. The Balaban J connectivity index is 2.26. The number of hydrogen-bond acceptors (Lipinski definition) is 4. The summed E-state index contributed by atoms with van der Waals surface area (Å²) in [5.74, 6) is 0. The first-order valence-corrected chi connectivity index (χ1v) is 8.44. The lowest BCUT2D eigenvalue weighted by atomic mass is 9.94. The summed E-state index contributed by atoms with van der Waals surface area (Å²) in [6, 6.07) is 1.99. The van der Waals surface area contributed by atoms with Crippen molar-refractivity contribution in [1.29, 1.82) is 0 Å². The van der Waals surface area contributed by atoms with Crippen LogP contribution in [-0.4, -0.2) is 32.9 Å². The minimum Gasteiger partial charge on any atom is -0.315 e. The minimum atomic E-state index is -3.29. The maximum Gasteiger partial charge on any atom is 0.252 e. The van der Waals surface area contributed by atoms with E-state index in [9.17, 15) is 8.42 Å². The Morgan fingerprint density at radius 3 is 2.67 bits per heavy atom. The quantitative estimate of drug-likeness (QED) is 0.901. The molecular weight excluding hydrogens is 268 g/mol. The summed E-state index contributed by atoms with van der Waals surface area (Å²) in [5, 5.41) is 3.07. The van der Waals surface area contributed by atoms with Crippen LogP contribution in [-0.2, 0) is 16.6 Å². The van der Waals surface area contributed by atoms with Crippen LogP contribution in [0.25, 0.3) is 0 Å². The van der Waals surface area contributed by atoms with Crippen LogP contribution < -0.4 is 5.32 Å². The molecule has 0 bridgehead atoms. The number of thiophene rings is 1. The van der Waals surface area contributed by atoms with Crippen molar-refractivity contribution in [3.05, 3.63) is 16.5 Å². The number of nitrogens with one attached hydrogen (secondary N) is 1. The third-order valence-corrected chi connectivity index (χ3v) is 7.15. The molecule has 1 aromatic heterocycles. The van der Waals surface area contributed by atoms with E-state index in [1.807, 2.05) is 14.0 Å². The second kappa shape index (κ2) is 5.28. The van der Waals surface area contributed by atoms with Gasteiger partial charge in [0.1, 0.15) is 4.21 Å². The van der Waals surface area contributed by atoms with Crippen molar-refractivity contribution in [1.82, 2.24) is 9.62 Å². The van der Waals surface area contributed by atoms with Crippen LogP contribution >= 0.6 is 11.3 Å². The van der Waals surface area contributed by atoms with Gasteiger partial charge in [0.2, 0.25) is 0 Å². The number of sulfonamides is 1. The van der Waals surface area contributed by atoms with Crippen molar-refractivity contribution in [3.63, 3.8) is 0 Å². The third-order valence-electron chi connectivity index (χ3n) is 3.56. The zero-order valence-corrected chi connectivity index (χ0v) is 12.7. The molecule has 1 heterocycles. The molecule has 1 aromatic rings. The Morgan fingerprint density at radius 2 is 2.17 bits per heavy atom. The molecule has 1 N–H and O–H groups in total.